The summed E-state index contributed by atoms with van der Waals surface area (Å²) in [6.45, 7) is -0.201. The molecule has 0 aliphatic rings. The summed E-state index contributed by atoms with van der Waals surface area (Å²) in [7, 11) is 1.54. The van der Waals surface area contributed by atoms with E-state index < -0.39 is 12.6 Å². The lowest BCUT2D eigenvalue weighted by atomic mass is 10.1. The van der Waals surface area contributed by atoms with E-state index in [-0.39, 0.29) is 12.4 Å². The maximum absolute atomic E-state index is 12.3. The molecule has 1 aromatic rings. The van der Waals surface area contributed by atoms with E-state index in [9.17, 15) is 13.2 Å². The third-order valence-corrected chi connectivity index (χ3v) is 3.51. The summed E-state index contributed by atoms with van der Waals surface area (Å²) in [6, 6.07) is 5.13. The van der Waals surface area contributed by atoms with Crippen LogP contribution in [0.3, 0.4) is 0 Å². The van der Waals surface area contributed by atoms with Crippen LogP contribution in [0.1, 0.15) is 12.0 Å². The van der Waals surface area contributed by atoms with Gasteiger partial charge in [-0.2, -0.15) is 13.2 Å². The number of alkyl halides is 3. The molecule has 0 amide bonds. The minimum atomic E-state index is -4.22. The fourth-order valence-corrected chi connectivity index (χ4v) is 2.36. The second-order valence-corrected chi connectivity index (χ2v) is 4.97. The molecule has 0 radical (unpaired) electrons. The van der Waals surface area contributed by atoms with Crippen molar-refractivity contribution in [3.8, 4) is 0 Å². The molecule has 20 heavy (non-hydrogen) atoms. The molecule has 0 unspecified atom stereocenters. The van der Waals surface area contributed by atoms with Crippen LogP contribution in [0.2, 0.25) is 0 Å². The van der Waals surface area contributed by atoms with Crippen molar-refractivity contribution in [3.05, 3.63) is 23.8 Å². The van der Waals surface area contributed by atoms with Crippen molar-refractivity contribution in [3.63, 3.8) is 0 Å². The van der Waals surface area contributed by atoms with E-state index in [1.54, 1.807) is 25.2 Å². The van der Waals surface area contributed by atoms with Crippen molar-refractivity contribution < 1.29 is 18.4 Å². The third-order valence-electron chi connectivity index (χ3n) is 2.73. The molecular formula is C12H16F3N3OS. The van der Waals surface area contributed by atoms with E-state index in [1.807, 2.05) is 6.26 Å². The number of hydrogen-bond donors (Lipinski definition) is 2. The van der Waals surface area contributed by atoms with Crippen LogP contribution in [-0.2, 0) is 0 Å². The molecule has 0 aliphatic carbocycles. The zero-order valence-corrected chi connectivity index (χ0v) is 11.9. The summed E-state index contributed by atoms with van der Waals surface area (Å²) in [6.07, 6.45) is -3.34. The van der Waals surface area contributed by atoms with Gasteiger partial charge in [-0.3, -0.25) is 0 Å². The molecule has 0 fully saturated rings. The number of halogens is 3. The van der Waals surface area contributed by atoms with Crippen molar-refractivity contribution in [1.29, 1.82) is 0 Å². The van der Waals surface area contributed by atoms with Gasteiger partial charge in [0, 0.05) is 24.2 Å². The Morgan fingerprint density at radius 1 is 1.45 bits per heavy atom. The lowest BCUT2D eigenvalue weighted by molar-refractivity contribution is -0.132. The fraction of sp³-hybridized carbons (Fsp3) is 0.417. The molecule has 0 saturated carbocycles. The number of nitrogens with two attached hydrogens (primary N) is 1. The van der Waals surface area contributed by atoms with Gasteiger partial charge in [-0.05, 0) is 18.4 Å². The molecule has 1 rings (SSSR count). The Bertz CT molecular complexity index is 491. The molecular weight excluding hydrogens is 291 g/mol. The maximum Gasteiger partial charge on any atom is 0.390 e. The molecule has 4 nitrogen and oxygen atoms in total. The first-order valence-electron chi connectivity index (χ1n) is 5.73. The lowest BCUT2D eigenvalue weighted by Crippen LogP contribution is -2.27. The predicted octanol–water partition coefficient (Wildman–Crippen LogP) is 2.89. The lowest BCUT2D eigenvalue weighted by Gasteiger charge is -2.24. The van der Waals surface area contributed by atoms with Gasteiger partial charge in [-0.1, -0.05) is 11.2 Å². The summed E-state index contributed by atoms with van der Waals surface area (Å²) in [5, 5.41) is 11.8. The minimum absolute atomic E-state index is 0.121. The number of benzene rings is 1. The Morgan fingerprint density at radius 3 is 2.60 bits per heavy atom. The zero-order valence-electron chi connectivity index (χ0n) is 11.1. The average molecular weight is 307 g/mol. The van der Waals surface area contributed by atoms with Crippen LogP contribution in [0.4, 0.5) is 18.9 Å². The van der Waals surface area contributed by atoms with Gasteiger partial charge < -0.3 is 15.8 Å². The number of anilines is 1. The normalized spacial score (nSPS) is 12.6. The van der Waals surface area contributed by atoms with Gasteiger partial charge in [0.25, 0.3) is 0 Å². The quantitative estimate of drug-likeness (QED) is 0.289. The average Bonchev–Trinajstić information content (AvgIpc) is 2.42. The largest absolute Gasteiger partial charge is 0.409 e. The van der Waals surface area contributed by atoms with Gasteiger partial charge >= 0.3 is 6.18 Å². The van der Waals surface area contributed by atoms with E-state index in [4.69, 9.17) is 10.9 Å². The van der Waals surface area contributed by atoms with Gasteiger partial charge in [0.2, 0.25) is 0 Å². The molecule has 3 N–H and O–H groups in total. The minimum Gasteiger partial charge on any atom is -0.409 e. The van der Waals surface area contributed by atoms with E-state index in [2.05, 4.69) is 5.16 Å². The van der Waals surface area contributed by atoms with Crippen LogP contribution in [0.25, 0.3) is 0 Å². The zero-order chi connectivity index (χ0) is 15.3. The Kier molecular flexibility index (Phi) is 5.55. The van der Waals surface area contributed by atoms with Gasteiger partial charge in [-0.25, -0.2) is 0 Å². The summed E-state index contributed by atoms with van der Waals surface area (Å²) in [4.78, 5) is 2.18. The highest BCUT2D eigenvalue weighted by Gasteiger charge is 2.28. The number of oxime groups is 1. The highest BCUT2D eigenvalue weighted by molar-refractivity contribution is 7.98. The Balaban J connectivity index is 3.11. The maximum atomic E-state index is 12.3. The summed E-state index contributed by atoms with van der Waals surface area (Å²) >= 11 is 1.37. The smallest absolute Gasteiger partial charge is 0.390 e. The standard InChI is InChI=1S/C12H16F3N3OS/c1-18(7-6-12(13,14)15)8-4-3-5-9(20-2)10(8)11(16)17-19/h3-5,19H,6-7H2,1-2H3,(H2,16,17). The van der Waals surface area contributed by atoms with Gasteiger partial charge in [-0.15, -0.1) is 11.8 Å². The van der Waals surface area contributed by atoms with E-state index >= 15 is 0 Å². The first-order valence-corrected chi connectivity index (χ1v) is 6.95. The number of hydrogen-bond acceptors (Lipinski definition) is 4. The van der Waals surface area contributed by atoms with Crippen LogP contribution in [0.15, 0.2) is 28.3 Å². The summed E-state index contributed by atoms with van der Waals surface area (Å²) in [5.74, 6) is -0.121. The van der Waals surface area contributed by atoms with Crippen LogP contribution in [-0.4, -0.2) is 37.1 Å². The van der Waals surface area contributed by atoms with E-state index in [0.29, 0.717) is 11.3 Å². The topological polar surface area (TPSA) is 61.8 Å². The van der Waals surface area contributed by atoms with Crippen molar-refractivity contribution in [1.82, 2.24) is 0 Å². The van der Waals surface area contributed by atoms with Crippen molar-refractivity contribution in [2.45, 2.75) is 17.5 Å². The Labute approximate surface area is 119 Å². The summed E-state index contributed by atoms with van der Waals surface area (Å²) < 4.78 is 36.8. The van der Waals surface area contributed by atoms with Gasteiger partial charge in [0.15, 0.2) is 5.84 Å². The Morgan fingerprint density at radius 2 is 2.10 bits per heavy atom. The molecule has 0 saturated heterocycles. The molecule has 0 spiro atoms. The second-order valence-electron chi connectivity index (χ2n) is 4.13. The van der Waals surface area contributed by atoms with E-state index in [0.717, 1.165) is 4.90 Å². The molecule has 0 aliphatic heterocycles. The highest BCUT2D eigenvalue weighted by Crippen LogP contribution is 2.30. The van der Waals surface area contributed by atoms with Crippen molar-refractivity contribution >= 4 is 23.3 Å². The van der Waals surface area contributed by atoms with Crippen LogP contribution >= 0.6 is 11.8 Å². The number of nitrogens with zero attached hydrogens (tertiary/aromatic N) is 2. The fourth-order valence-electron chi connectivity index (χ4n) is 1.73. The van der Waals surface area contributed by atoms with Gasteiger partial charge in [0.05, 0.1) is 12.0 Å². The monoisotopic (exact) mass is 307 g/mol. The first-order chi connectivity index (χ1) is 9.30. The summed E-state index contributed by atoms with van der Waals surface area (Å²) in [5.41, 5.74) is 6.56. The molecule has 0 atom stereocenters. The molecule has 1 aromatic carbocycles. The molecule has 8 heteroatoms. The molecule has 112 valence electrons. The van der Waals surface area contributed by atoms with Crippen molar-refractivity contribution in [2.75, 3.05) is 24.7 Å². The molecule has 0 bridgehead atoms. The van der Waals surface area contributed by atoms with E-state index in [1.165, 1.54) is 16.7 Å². The van der Waals surface area contributed by atoms with Crippen LogP contribution in [0, 0.1) is 0 Å². The van der Waals surface area contributed by atoms with Gasteiger partial charge in [0.1, 0.15) is 0 Å². The van der Waals surface area contributed by atoms with Crippen LogP contribution in [0.5, 0.6) is 0 Å². The Hall–Kier alpha value is -1.57. The number of thioether (sulfide) groups is 1. The molecule has 0 heterocycles. The SMILES string of the molecule is CSc1cccc(N(C)CCC(F)(F)F)c1/C(N)=N/O. The van der Waals surface area contributed by atoms with Crippen molar-refractivity contribution in [2.24, 2.45) is 10.9 Å². The second kappa shape index (κ2) is 6.74. The number of amidine groups is 1. The van der Waals surface area contributed by atoms with Crippen LogP contribution < -0.4 is 10.6 Å². The number of rotatable bonds is 5. The molecule has 0 aromatic heterocycles. The first kappa shape index (κ1) is 16.5. The highest BCUT2D eigenvalue weighted by atomic mass is 32.2. The predicted molar refractivity (Wildman–Crippen MR) is 74.7 cm³/mol. The third kappa shape index (κ3) is 4.22.